The number of benzene rings is 3. The molecule has 0 unspecified atom stereocenters. The molecular formula is C25H23FN2O6. The molecule has 1 amide bonds. The molecule has 1 atom stereocenters. The molecule has 0 fully saturated rings. The van der Waals surface area contributed by atoms with Gasteiger partial charge in [-0.05, 0) is 53.9 Å². The van der Waals surface area contributed by atoms with E-state index in [0.29, 0.717) is 30.2 Å². The van der Waals surface area contributed by atoms with E-state index in [1.165, 1.54) is 49.6 Å². The summed E-state index contributed by atoms with van der Waals surface area (Å²) < 4.78 is 31.2. The maximum atomic E-state index is 14.4. The van der Waals surface area contributed by atoms with Gasteiger partial charge in [-0.15, -0.1) is 0 Å². The van der Waals surface area contributed by atoms with E-state index in [9.17, 15) is 19.3 Å². The van der Waals surface area contributed by atoms with Crippen LogP contribution in [0.25, 0.3) is 0 Å². The summed E-state index contributed by atoms with van der Waals surface area (Å²) in [5.74, 6) is 0.444. The lowest BCUT2D eigenvalue weighted by molar-refractivity contribution is -0.384. The molecule has 4 rings (SSSR count). The van der Waals surface area contributed by atoms with Crippen LogP contribution >= 0.6 is 0 Å². The van der Waals surface area contributed by atoms with Gasteiger partial charge < -0.3 is 19.1 Å². The Balaban J connectivity index is 1.69. The largest absolute Gasteiger partial charge is 0.493 e. The van der Waals surface area contributed by atoms with Crippen LogP contribution in [0, 0.1) is 15.9 Å². The van der Waals surface area contributed by atoms with Gasteiger partial charge >= 0.3 is 0 Å². The molecule has 0 radical (unpaired) electrons. The molecule has 0 aromatic heterocycles. The first-order valence-electron chi connectivity index (χ1n) is 10.6. The van der Waals surface area contributed by atoms with E-state index in [4.69, 9.17) is 14.2 Å². The van der Waals surface area contributed by atoms with E-state index in [1.54, 1.807) is 24.1 Å². The van der Waals surface area contributed by atoms with Crippen molar-refractivity contribution in [1.82, 2.24) is 4.90 Å². The first-order chi connectivity index (χ1) is 16.4. The molecule has 0 spiro atoms. The van der Waals surface area contributed by atoms with Gasteiger partial charge in [0.25, 0.3) is 11.6 Å². The molecule has 9 heteroatoms. The summed E-state index contributed by atoms with van der Waals surface area (Å²) in [6.07, 6.45) is 0.546. The minimum Gasteiger partial charge on any atom is -0.493 e. The zero-order valence-corrected chi connectivity index (χ0v) is 18.7. The summed E-state index contributed by atoms with van der Waals surface area (Å²) in [5.41, 5.74) is 1.69. The number of halogens is 1. The van der Waals surface area contributed by atoms with Gasteiger partial charge in [-0.3, -0.25) is 14.9 Å². The monoisotopic (exact) mass is 466 g/mol. The number of non-ortho nitro benzene ring substituents is 1. The Hall–Kier alpha value is -4.14. The summed E-state index contributed by atoms with van der Waals surface area (Å²) in [4.78, 5) is 25.4. The Labute approximate surface area is 195 Å². The number of nitrogens with zero attached hydrogens (tertiary/aromatic N) is 2. The predicted molar refractivity (Wildman–Crippen MR) is 122 cm³/mol. The molecule has 34 heavy (non-hydrogen) atoms. The van der Waals surface area contributed by atoms with Crippen molar-refractivity contribution in [3.8, 4) is 17.2 Å². The highest BCUT2D eigenvalue weighted by Gasteiger charge is 2.34. The Kier molecular flexibility index (Phi) is 6.62. The van der Waals surface area contributed by atoms with Gasteiger partial charge in [-0.1, -0.05) is 12.1 Å². The van der Waals surface area contributed by atoms with Crippen molar-refractivity contribution >= 4 is 11.6 Å². The van der Waals surface area contributed by atoms with E-state index in [-0.39, 0.29) is 17.9 Å². The van der Waals surface area contributed by atoms with Crippen molar-refractivity contribution < 1.29 is 28.3 Å². The molecular weight excluding hydrogens is 443 g/mol. The van der Waals surface area contributed by atoms with Gasteiger partial charge in [0.1, 0.15) is 18.2 Å². The molecule has 1 aliphatic heterocycles. The average molecular weight is 466 g/mol. The fraction of sp³-hybridized carbons (Fsp3) is 0.240. The molecule has 0 bridgehead atoms. The van der Waals surface area contributed by atoms with Gasteiger partial charge in [0.2, 0.25) is 0 Å². The number of hydrogen-bond acceptors (Lipinski definition) is 6. The van der Waals surface area contributed by atoms with Crippen LogP contribution in [0.15, 0.2) is 60.7 Å². The lowest BCUT2D eigenvalue weighted by Crippen LogP contribution is -2.43. The van der Waals surface area contributed by atoms with Crippen LogP contribution in [0.2, 0.25) is 0 Å². The summed E-state index contributed by atoms with van der Waals surface area (Å²) in [6.45, 7) is 0.407. The Morgan fingerprint density at radius 3 is 2.41 bits per heavy atom. The molecule has 1 aliphatic rings. The molecule has 0 aliphatic carbocycles. The van der Waals surface area contributed by atoms with Crippen molar-refractivity contribution in [2.24, 2.45) is 0 Å². The number of nitro groups is 1. The second kappa shape index (κ2) is 9.78. The van der Waals surface area contributed by atoms with E-state index < -0.39 is 22.7 Å². The Bertz CT molecular complexity index is 1210. The van der Waals surface area contributed by atoms with Crippen LogP contribution < -0.4 is 14.2 Å². The van der Waals surface area contributed by atoms with E-state index >= 15 is 0 Å². The third kappa shape index (κ3) is 4.50. The number of carbonyl (C=O) groups is 1. The molecule has 8 nitrogen and oxygen atoms in total. The maximum absolute atomic E-state index is 14.4. The van der Waals surface area contributed by atoms with Crippen LogP contribution in [-0.2, 0) is 6.42 Å². The highest BCUT2D eigenvalue weighted by molar-refractivity contribution is 5.95. The first-order valence-corrected chi connectivity index (χ1v) is 10.6. The van der Waals surface area contributed by atoms with Crippen molar-refractivity contribution in [1.29, 1.82) is 0 Å². The normalized spacial score (nSPS) is 14.8. The van der Waals surface area contributed by atoms with E-state index in [2.05, 4.69) is 0 Å². The number of fused-ring (bicyclic) bond motifs is 1. The highest BCUT2D eigenvalue weighted by atomic mass is 19.1. The van der Waals surface area contributed by atoms with E-state index in [1.807, 2.05) is 6.07 Å². The summed E-state index contributed by atoms with van der Waals surface area (Å²) in [5, 5.41) is 10.9. The van der Waals surface area contributed by atoms with Gasteiger partial charge in [-0.25, -0.2) is 4.39 Å². The number of amides is 1. The van der Waals surface area contributed by atoms with Gasteiger partial charge in [-0.2, -0.15) is 0 Å². The Morgan fingerprint density at radius 2 is 1.76 bits per heavy atom. The van der Waals surface area contributed by atoms with Gasteiger partial charge in [0, 0.05) is 18.7 Å². The second-order valence-corrected chi connectivity index (χ2v) is 7.71. The Morgan fingerprint density at radius 1 is 1.09 bits per heavy atom. The van der Waals surface area contributed by atoms with Crippen molar-refractivity contribution in [3.05, 3.63) is 93.3 Å². The lowest BCUT2D eigenvalue weighted by Gasteiger charge is -2.37. The molecule has 1 heterocycles. The molecule has 0 saturated heterocycles. The van der Waals surface area contributed by atoms with Gasteiger partial charge in [0.05, 0.1) is 30.7 Å². The number of ether oxygens (including phenoxy) is 3. The quantitative estimate of drug-likeness (QED) is 0.374. The smallest absolute Gasteiger partial charge is 0.269 e. The number of rotatable bonds is 7. The van der Waals surface area contributed by atoms with Gasteiger partial charge in [0.15, 0.2) is 11.5 Å². The summed E-state index contributed by atoms with van der Waals surface area (Å²) in [6, 6.07) is 14.7. The number of hydrogen-bond donors (Lipinski definition) is 0. The number of carbonyl (C=O) groups excluding carboxylic acids is 1. The summed E-state index contributed by atoms with van der Waals surface area (Å²) in [7, 11) is 3.08. The zero-order chi connectivity index (χ0) is 24.2. The minimum absolute atomic E-state index is 0.0215. The number of nitro benzene ring substituents is 1. The van der Waals surface area contributed by atoms with Crippen molar-refractivity contribution in [2.75, 3.05) is 27.4 Å². The number of methoxy groups -OCH3 is 2. The second-order valence-electron chi connectivity index (χ2n) is 7.71. The summed E-state index contributed by atoms with van der Waals surface area (Å²) >= 11 is 0. The SMILES string of the molecule is COc1cc2c(cc1OC)[C@H](COc1ccc([N+](=O)[O-])cc1)N(C(=O)c1ccccc1F)CC2. The van der Waals surface area contributed by atoms with Crippen LogP contribution in [0.1, 0.15) is 27.5 Å². The molecule has 0 saturated carbocycles. The van der Waals surface area contributed by atoms with Crippen LogP contribution in [-0.4, -0.2) is 43.1 Å². The predicted octanol–water partition coefficient (Wildman–Crippen LogP) is 4.57. The standard InChI is InChI=1S/C25H23FN2O6/c1-32-23-13-16-11-12-27(25(29)19-5-3-4-6-21(19)26)22(20(16)14-24(23)33-2)15-34-18-9-7-17(8-10-18)28(30)31/h3-10,13-14,22H,11-12,15H2,1-2H3/t22-/m0/s1. The topological polar surface area (TPSA) is 91.1 Å². The van der Waals surface area contributed by atoms with Crippen molar-refractivity contribution in [3.63, 3.8) is 0 Å². The minimum atomic E-state index is -0.597. The van der Waals surface area contributed by atoms with Crippen LogP contribution in [0.3, 0.4) is 0 Å². The van der Waals surface area contributed by atoms with Crippen LogP contribution in [0.4, 0.5) is 10.1 Å². The molecule has 3 aromatic rings. The highest BCUT2D eigenvalue weighted by Crippen LogP contribution is 2.39. The fourth-order valence-corrected chi connectivity index (χ4v) is 4.08. The third-order valence-corrected chi connectivity index (χ3v) is 5.82. The molecule has 176 valence electrons. The van der Waals surface area contributed by atoms with Crippen molar-refractivity contribution in [2.45, 2.75) is 12.5 Å². The first kappa shape index (κ1) is 23.0. The van der Waals surface area contributed by atoms with E-state index in [0.717, 1.165) is 11.1 Å². The zero-order valence-electron chi connectivity index (χ0n) is 18.7. The average Bonchev–Trinajstić information content (AvgIpc) is 2.86. The fourth-order valence-electron chi connectivity index (χ4n) is 4.08. The molecule has 0 N–H and O–H groups in total. The maximum Gasteiger partial charge on any atom is 0.269 e. The lowest BCUT2D eigenvalue weighted by atomic mass is 9.91. The third-order valence-electron chi connectivity index (χ3n) is 5.82. The molecule has 3 aromatic carbocycles. The van der Waals surface area contributed by atoms with Crippen LogP contribution in [0.5, 0.6) is 17.2 Å².